The number of hydrogen-bond acceptors (Lipinski definition) is 3. The Bertz CT molecular complexity index is 704. The number of nitrogens with one attached hydrogen (secondary N) is 1. The van der Waals surface area contributed by atoms with E-state index in [9.17, 15) is 4.79 Å². The fourth-order valence-electron chi connectivity index (χ4n) is 3.06. The monoisotopic (exact) mass is 361 g/mol. The average Bonchev–Trinajstić information content (AvgIpc) is 3.05. The van der Waals surface area contributed by atoms with Crippen molar-refractivity contribution in [1.82, 2.24) is 15.1 Å². The highest BCUT2D eigenvalue weighted by atomic mass is 35.5. The van der Waals surface area contributed by atoms with Crippen molar-refractivity contribution < 1.29 is 9.53 Å². The van der Waals surface area contributed by atoms with Crippen LogP contribution in [0.1, 0.15) is 42.9 Å². The molecule has 1 fully saturated rings. The second kappa shape index (κ2) is 7.91. The van der Waals surface area contributed by atoms with Gasteiger partial charge in [0.25, 0.3) is 5.91 Å². The zero-order valence-electron chi connectivity index (χ0n) is 14.7. The lowest BCUT2D eigenvalue weighted by molar-refractivity contribution is 0.0590. The van der Waals surface area contributed by atoms with E-state index in [1.54, 1.807) is 0 Å². The molecule has 5 nitrogen and oxygen atoms in total. The lowest BCUT2D eigenvalue weighted by Crippen LogP contribution is -2.41. The Morgan fingerprint density at radius 2 is 2.00 bits per heavy atom. The normalized spacial score (nSPS) is 15.6. The molecule has 3 rings (SSSR count). The quantitative estimate of drug-likeness (QED) is 0.877. The molecule has 0 atom stereocenters. The van der Waals surface area contributed by atoms with Crippen LogP contribution in [0.25, 0.3) is 0 Å². The van der Waals surface area contributed by atoms with Crippen LogP contribution < -0.4 is 4.74 Å². The molecule has 1 saturated heterocycles. The number of likely N-dealkylation sites (tertiary alicyclic amines) is 1. The Morgan fingerprint density at radius 3 is 2.64 bits per heavy atom. The number of benzene rings is 1. The Kier molecular flexibility index (Phi) is 5.63. The summed E-state index contributed by atoms with van der Waals surface area (Å²) in [5, 5.41) is 7.85. The van der Waals surface area contributed by atoms with Crippen LogP contribution in [-0.2, 0) is 6.42 Å². The maximum atomic E-state index is 12.6. The van der Waals surface area contributed by atoms with Crippen LogP contribution in [0.5, 0.6) is 5.75 Å². The van der Waals surface area contributed by atoms with E-state index in [-0.39, 0.29) is 12.0 Å². The molecule has 0 aliphatic carbocycles. The summed E-state index contributed by atoms with van der Waals surface area (Å²) in [7, 11) is 0. The summed E-state index contributed by atoms with van der Waals surface area (Å²) in [5.41, 5.74) is 1.52. The molecule has 0 radical (unpaired) electrons. The highest BCUT2D eigenvalue weighted by molar-refractivity contribution is 6.30. The van der Waals surface area contributed by atoms with E-state index in [1.807, 2.05) is 35.2 Å². The predicted molar refractivity (Wildman–Crippen MR) is 98.1 cm³/mol. The molecule has 1 amide bonds. The minimum Gasteiger partial charge on any atom is -0.490 e. The van der Waals surface area contributed by atoms with Crippen molar-refractivity contribution in [2.75, 3.05) is 13.1 Å². The lowest BCUT2D eigenvalue weighted by Gasteiger charge is -2.31. The van der Waals surface area contributed by atoms with Gasteiger partial charge in [-0.15, -0.1) is 0 Å². The van der Waals surface area contributed by atoms with Crippen molar-refractivity contribution in [2.24, 2.45) is 5.92 Å². The second-order valence-corrected chi connectivity index (χ2v) is 7.38. The smallest absolute Gasteiger partial charge is 0.274 e. The first-order chi connectivity index (χ1) is 12.0. The van der Waals surface area contributed by atoms with Gasteiger partial charge in [-0.05, 0) is 42.7 Å². The molecule has 1 N–H and O–H groups in total. The van der Waals surface area contributed by atoms with Gasteiger partial charge in [-0.2, -0.15) is 5.10 Å². The molecule has 1 aliphatic rings. The van der Waals surface area contributed by atoms with Gasteiger partial charge in [0.15, 0.2) is 0 Å². The van der Waals surface area contributed by atoms with E-state index in [1.165, 1.54) is 0 Å². The summed E-state index contributed by atoms with van der Waals surface area (Å²) in [5.74, 6) is 1.35. The predicted octanol–water partition coefficient (Wildman–Crippen LogP) is 3.95. The van der Waals surface area contributed by atoms with Gasteiger partial charge in [0.1, 0.15) is 17.5 Å². The maximum absolute atomic E-state index is 12.6. The van der Waals surface area contributed by atoms with Gasteiger partial charge in [-0.1, -0.05) is 25.4 Å². The number of piperidine rings is 1. The number of nitrogens with zero attached hydrogens (tertiary/aromatic N) is 2. The number of aromatic nitrogens is 2. The van der Waals surface area contributed by atoms with E-state index in [4.69, 9.17) is 16.3 Å². The highest BCUT2D eigenvalue weighted by Crippen LogP contribution is 2.22. The molecular formula is C19H24ClN3O2. The first kappa shape index (κ1) is 17.8. The number of aromatic amines is 1. The third-order valence-electron chi connectivity index (χ3n) is 4.32. The van der Waals surface area contributed by atoms with Gasteiger partial charge in [0.2, 0.25) is 0 Å². The third kappa shape index (κ3) is 4.75. The minimum absolute atomic E-state index is 0.00352. The molecule has 0 bridgehead atoms. The molecule has 0 unspecified atom stereocenters. The van der Waals surface area contributed by atoms with E-state index in [0.29, 0.717) is 29.7 Å². The van der Waals surface area contributed by atoms with Crippen LogP contribution in [0.3, 0.4) is 0 Å². The number of carbonyl (C=O) groups excluding carboxylic acids is 1. The summed E-state index contributed by atoms with van der Waals surface area (Å²) in [4.78, 5) is 14.4. The Balaban J connectivity index is 1.52. The van der Waals surface area contributed by atoms with Crippen LogP contribution in [0.4, 0.5) is 0 Å². The molecule has 1 aromatic carbocycles. The molecule has 0 spiro atoms. The summed E-state index contributed by atoms with van der Waals surface area (Å²) in [6, 6.07) is 9.27. The fraction of sp³-hybridized carbons (Fsp3) is 0.474. The zero-order valence-corrected chi connectivity index (χ0v) is 15.4. The third-order valence-corrected chi connectivity index (χ3v) is 4.58. The Hall–Kier alpha value is -2.01. The van der Waals surface area contributed by atoms with E-state index >= 15 is 0 Å². The van der Waals surface area contributed by atoms with Crippen molar-refractivity contribution in [1.29, 1.82) is 0 Å². The summed E-state index contributed by atoms with van der Waals surface area (Å²) < 4.78 is 5.97. The van der Waals surface area contributed by atoms with Crippen LogP contribution in [0.2, 0.25) is 5.02 Å². The lowest BCUT2D eigenvalue weighted by atomic mass is 10.1. The van der Waals surface area contributed by atoms with Gasteiger partial charge in [0.05, 0.1) is 0 Å². The summed E-state index contributed by atoms with van der Waals surface area (Å²) in [6.07, 6.45) is 2.66. The molecule has 25 heavy (non-hydrogen) atoms. The number of amides is 1. The van der Waals surface area contributed by atoms with Crippen LogP contribution >= 0.6 is 11.6 Å². The van der Waals surface area contributed by atoms with Gasteiger partial charge in [-0.3, -0.25) is 9.89 Å². The SMILES string of the molecule is CC(C)Cc1cc(C(=O)N2CCC(Oc3ccc(Cl)cc3)CC2)n[nH]1. The van der Waals surface area contributed by atoms with Gasteiger partial charge < -0.3 is 9.64 Å². The van der Waals surface area contributed by atoms with Crippen LogP contribution in [-0.4, -0.2) is 40.2 Å². The Labute approximate surface area is 153 Å². The van der Waals surface area contributed by atoms with E-state index < -0.39 is 0 Å². The molecular weight excluding hydrogens is 338 g/mol. The molecule has 2 aromatic rings. The van der Waals surface area contributed by atoms with Crippen molar-refractivity contribution >= 4 is 17.5 Å². The zero-order chi connectivity index (χ0) is 17.8. The molecule has 6 heteroatoms. The number of H-pyrrole nitrogens is 1. The first-order valence-corrected chi connectivity index (χ1v) is 9.15. The van der Waals surface area contributed by atoms with Crippen molar-refractivity contribution in [3.05, 3.63) is 46.7 Å². The van der Waals surface area contributed by atoms with Crippen molar-refractivity contribution in [2.45, 2.75) is 39.2 Å². The van der Waals surface area contributed by atoms with E-state index in [2.05, 4.69) is 24.0 Å². The van der Waals surface area contributed by atoms with Gasteiger partial charge >= 0.3 is 0 Å². The maximum Gasteiger partial charge on any atom is 0.274 e. The molecule has 1 aromatic heterocycles. The number of ether oxygens (including phenoxy) is 1. The fourth-order valence-corrected chi connectivity index (χ4v) is 3.19. The summed E-state index contributed by atoms with van der Waals surface area (Å²) in [6.45, 7) is 5.66. The van der Waals surface area contributed by atoms with Gasteiger partial charge in [0, 0.05) is 36.6 Å². The van der Waals surface area contributed by atoms with E-state index in [0.717, 1.165) is 30.7 Å². The topological polar surface area (TPSA) is 58.2 Å². The largest absolute Gasteiger partial charge is 0.490 e. The number of carbonyl (C=O) groups is 1. The number of hydrogen-bond donors (Lipinski definition) is 1. The summed E-state index contributed by atoms with van der Waals surface area (Å²) >= 11 is 5.89. The molecule has 134 valence electrons. The molecule has 1 aliphatic heterocycles. The van der Waals surface area contributed by atoms with Crippen molar-refractivity contribution in [3.8, 4) is 5.75 Å². The van der Waals surface area contributed by atoms with Gasteiger partial charge in [-0.25, -0.2) is 0 Å². The minimum atomic E-state index is -0.00352. The highest BCUT2D eigenvalue weighted by Gasteiger charge is 2.26. The van der Waals surface area contributed by atoms with Crippen molar-refractivity contribution in [3.63, 3.8) is 0 Å². The first-order valence-electron chi connectivity index (χ1n) is 8.77. The average molecular weight is 362 g/mol. The number of halogens is 1. The number of rotatable bonds is 5. The standard InChI is InChI=1S/C19H24ClN3O2/c1-13(2)11-15-12-18(22-21-15)19(24)23-9-7-17(8-10-23)25-16-5-3-14(20)4-6-16/h3-6,12-13,17H,7-11H2,1-2H3,(H,21,22). The van der Waals surface area contributed by atoms with Crippen LogP contribution in [0, 0.1) is 5.92 Å². The molecule has 2 heterocycles. The molecule has 0 saturated carbocycles. The van der Waals surface area contributed by atoms with Crippen LogP contribution in [0.15, 0.2) is 30.3 Å². The Morgan fingerprint density at radius 1 is 1.32 bits per heavy atom. The second-order valence-electron chi connectivity index (χ2n) is 6.94.